The van der Waals surface area contributed by atoms with Gasteiger partial charge in [-0.05, 0) is 50.7 Å². The predicted molar refractivity (Wildman–Crippen MR) is 89.9 cm³/mol. The lowest BCUT2D eigenvalue weighted by atomic mass is 10.2. The van der Waals surface area contributed by atoms with Crippen LogP contribution in [-0.2, 0) is 16.6 Å². The van der Waals surface area contributed by atoms with Gasteiger partial charge < -0.3 is 5.32 Å². The highest BCUT2D eigenvalue weighted by Gasteiger charge is 2.19. The van der Waals surface area contributed by atoms with Crippen molar-refractivity contribution in [2.24, 2.45) is 0 Å². The fraction of sp³-hybridized carbons (Fsp3) is 0.714. The molecule has 0 spiro atoms. The standard InChI is InChI=1S/C14H27N3O2S2/c1-4-8-15-9-6-10-17(3)21(18,19)16-13(2)12-14-7-5-11-20-14/h5,7,11,13,15-16H,4,6,8-10,12H2,1-3H3. The third-order valence-corrected chi connectivity index (χ3v) is 5.70. The molecule has 0 amide bonds. The Hall–Kier alpha value is -0.470. The molecular formula is C14H27N3O2S2. The molecule has 0 saturated heterocycles. The van der Waals surface area contributed by atoms with E-state index in [4.69, 9.17) is 0 Å². The summed E-state index contributed by atoms with van der Waals surface area (Å²) in [5, 5.41) is 5.28. The molecule has 1 aromatic heterocycles. The minimum Gasteiger partial charge on any atom is -0.317 e. The van der Waals surface area contributed by atoms with Gasteiger partial charge in [0.25, 0.3) is 10.2 Å². The molecule has 0 aliphatic rings. The molecule has 122 valence electrons. The van der Waals surface area contributed by atoms with E-state index in [9.17, 15) is 8.42 Å². The maximum Gasteiger partial charge on any atom is 0.279 e. The van der Waals surface area contributed by atoms with Gasteiger partial charge in [0.15, 0.2) is 0 Å². The second kappa shape index (κ2) is 9.53. The van der Waals surface area contributed by atoms with Crippen molar-refractivity contribution in [3.05, 3.63) is 22.4 Å². The highest BCUT2D eigenvalue weighted by atomic mass is 32.2. The summed E-state index contributed by atoms with van der Waals surface area (Å²) >= 11 is 1.65. The largest absolute Gasteiger partial charge is 0.317 e. The molecule has 0 bridgehead atoms. The van der Waals surface area contributed by atoms with Crippen LogP contribution in [0, 0.1) is 0 Å². The summed E-state index contributed by atoms with van der Waals surface area (Å²) in [4.78, 5) is 1.19. The van der Waals surface area contributed by atoms with Crippen molar-refractivity contribution in [2.75, 3.05) is 26.7 Å². The topological polar surface area (TPSA) is 61.4 Å². The lowest BCUT2D eigenvalue weighted by Crippen LogP contribution is -2.44. The quantitative estimate of drug-likeness (QED) is 0.608. The fourth-order valence-electron chi connectivity index (χ4n) is 1.97. The van der Waals surface area contributed by atoms with Crippen LogP contribution in [-0.4, -0.2) is 45.4 Å². The van der Waals surface area contributed by atoms with Gasteiger partial charge in [-0.1, -0.05) is 13.0 Å². The van der Waals surface area contributed by atoms with Gasteiger partial charge in [0.2, 0.25) is 0 Å². The number of nitrogens with one attached hydrogen (secondary N) is 2. The molecule has 1 heterocycles. The van der Waals surface area contributed by atoms with Gasteiger partial charge in [-0.2, -0.15) is 17.4 Å². The minimum atomic E-state index is -3.40. The Morgan fingerprint density at radius 1 is 1.38 bits per heavy atom. The first-order chi connectivity index (χ1) is 9.95. The van der Waals surface area contributed by atoms with Gasteiger partial charge in [0.05, 0.1) is 0 Å². The van der Waals surface area contributed by atoms with Gasteiger partial charge in [0.1, 0.15) is 0 Å². The van der Waals surface area contributed by atoms with E-state index in [1.165, 1.54) is 9.18 Å². The molecule has 5 nitrogen and oxygen atoms in total. The monoisotopic (exact) mass is 333 g/mol. The fourth-order valence-corrected chi connectivity index (χ4v) is 3.94. The van der Waals surface area contributed by atoms with Crippen molar-refractivity contribution < 1.29 is 8.42 Å². The molecule has 0 radical (unpaired) electrons. The zero-order chi connectivity index (χ0) is 15.7. The Kier molecular flexibility index (Phi) is 8.43. The number of nitrogens with zero attached hydrogens (tertiary/aromatic N) is 1. The third-order valence-electron chi connectivity index (χ3n) is 3.10. The van der Waals surface area contributed by atoms with Crippen molar-refractivity contribution in [1.29, 1.82) is 0 Å². The van der Waals surface area contributed by atoms with E-state index in [1.54, 1.807) is 18.4 Å². The Morgan fingerprint density at radius 2 is 2.14 bits per heavy atom. The summed E-state index contributed by atoms with van der Waals surface area (Å²) in [6, 6.07) is 3.91. The first-order valence-corrected chi connectivity index (χ1v) is 9.74. The number of hydrogen-bond acceptors (Lipinski definition) is 4. The van der Waals surface area contributed by atoms with Gasteiger partial charge in [-0.25, -0.2) is 0 Å². The summed E-state index contributed by atoms with van der Waals surface area (Å²) in [6.45, 7) is 6.36. The second-order valence-electron chi connectivity index (χ2n) is 5.23. The van der Waals surface area contributed by atoms with Crippen LogP contribution in [0.1, 0.15) is 31.6 Å². The van der Waals surface area contributed by atoms with Crippen LogP contribution in [0.25, 0.3) is 0 Å². The molecular weight excluding hydrogens is 306 g/mol. The third kappa shape index (κ3) is 7.37. The van der Waals surface area contributed by atoms with Crippen molar-refractivity contribution in [3.63, 3.8) is 0 Å². The second-order valence-corrected chi connectivity index (χ2v) is 8.07. The normalized spacial score (nSPS) is 13.7. The molecule has 0 aliphatic heterocycles. The zero-order valence-electron chi connectivity index (χ0n) is 13.1. The molecule has 1 atom stereocenters. The van der Waals surface area contributed by atoms with E-state index < -0.39 is 10.2 Å². The van der Waals surface area contributed by atoms with Crippen molar-refractivity contribution in [2.45, 2.75) is 39.2 Å². The highest BCUT2D eigenvalue weighted by molar-refractivity contribution is 7.87. The van der Waals surface area contributed by atoms with Gasteiger partial charge in [0, 0.05) is 24.5 Å². The van der Waals surface area contributed by atoms with E-state index in [0.717, 1.165) is 32.4 Å². The molecule has 2 N–H and O–H groups in total. The summed E-state index contributed by atoms with van der Waals surface area (Å²) in [7, 11) is -1.77. The van der Waals surface area contributed by atoms with Crippen molar-refractivity contribution in [3.8, 4) is 0 Å². The number of thiophene rings is 1. The number of rotatable bonds is 11. The summed E-state index contributed by atoms with van der Waals surface area (Å²) < 4.78 is 28.5. The van der Waals surface area contributed by atoms with Crippen LogP contribution < -0.4 is 10.0 Å². The zero-order valence-corrected chi connectivity index (χ0v) is 14.8. The Bertz CT molecular complexity index is 474. The van der Waals surface area contributed by atoms with E-state index in [1.807, 2.05) is 24.4 Å². The molecule has 7 heteroatoms. The molecule has 0 aliphatic carbocycles. The van der Waals surface area contributed by atoms with Crippen LogP contribution in [0.4, 0.5) is 0 Å². The predicted octanol–water partition coefficient (Wildman–Crippen LogP) is 1.84. The van der Waals surface area contributed by atoms with Crippen molar-refractivity contribution in [1.82, 2.24) is 14.3 Å². The van der Waals surface area contributed by atoms with Crippen LogP contribution in [0.2, 0.25) is 0 Å². The highest BCUT2D eigenvalue weighted by Crippen LogP contribution is 2.11. The van der Waals surface area contributed by atoms with E-state index >= 15 is 0 Å². The summed E-state index contributed by atoms with van der Waals surface area (Å²) in [6.07, 6.45) is 2.63. The molecule has 0 aromatic carbocycles. The van der Waals surface area contributed by atoms with Crippen LogP contribution in [0.5, 0.6) is 0 Å². The van der Waals surface area contributed by atoms with Crippen LogP contribution in [0.15, 0.2) is 17.5 Å². The average Bonchev–Trinajstić information content (AvgIpc) is 2.90. The minimum absolute atomic E-state index is 0.102. The molecule has 1 aromatic rings. The maximum atomic E-state index is 12.2. The first kappa shape index (κ1) is 18.6. The Labute approximate surface area is 132 Å². The van der Waals surface area contributed by atoms with Crippen LogP contribution in [0.3, 0.4) is 0 Å². The maximum absolute atomic E-state index is 12.2. The lowest BCUT2D eigenvalue weighted by molar-refractivity contribution is 0.437. The van der Waals surface area contributed by atoms with E-state index in [-0.39, 0.29) is 6.04 Å². The molecule has 0 fully saturated rings. The molecule has 1 unspecified atom stereocenters. The van der Waals surface area contributed by atoms with Crippen LogP contribution >= 0.6 is 11.3 Å². The Balaban J connectivity index is 2.33. The van der Waals surface area contributed by atoms with E-state index in [0.29, 0.717) is 6.54 Å². The Morgan fingerprint density at radius 3 is 2.76 bits per heavy atom. The van der Waals surface area contributed by atoms with Crippen molar-refractivity contribution >= 4 is 21.5 Å². The summed E-state index contributed by atoms with van der Waals surface area (Å²) in [5.41, 5.74) is 0. The summed E-state index contributed by atoms with van der Waals surface area (Å²) in [5.74, 6) is 0. The van der Waals surface area contributed by atoms with Gasteiger partial charge in [-0.3, -0.25) is 0 Å². The van der Waals surface area contributed by atoms with E-state index in [2.05, 4.69) is 17.0 Å². The average molecular weight is 334 g/mol. The SMILES string of the molecule is CCCNCCCN(C)S(=O)(=O)NC(C)Cc1cccs1. The van der Waals surface area contributed by atoms with Gasteiger partial charge >= 0.3 is 0 Å². The lowest BCUT2D eigenvalue weighted by Gasteiger charge is -2.21. The first-order valence-electron chi connectivity index (χ1n) is 7.42. The smallest absolute Gasteiger partial charge is 0.279 e. The molecule has 21 heavy (non-hydrogen) atoms. The molecule has 0 saturated carbocycles. The van der Waals surface area contributed by atoms with Gasteiger partial charge in [-0.15, -0.1) is 11.3 Å². The number of hydrogen-bond donors (Lipinski definition) is 2. The molecule has 1 rings (SSSR count).